The third kappa shape index (κ3) is 3.54. The van der Waals surface area contributed by atoms with Gasteiger partial charge in [0.05, 0.1) is 6.54 Å². The summed E-state index contributed by atoms with van der Waals surface area (Å²) in [5.41, 5.74) is 3.16. The Hall–Kier alpha value is -3.39. The number of nitrogens with one attached hydrogen (secondary N) is 1. The van der Waals surface area contributed by atoms with Crippen molar-refractivity contribution in [3.05, 3.63) is 59.7 Å². The fraction of sp³-hybridized carbons (Fsp3) is 0.400. The molecule has 0 saturated carbocycles. The highest BCUT2D eigenvalue weighted by molar-refractivity contribution is 5.88. The van der Waals surface area contributed by atoms with Crippen molar-refractivity contribution in [2.24, 2.45) is 5.92 Å². The Morgan fingerprint density at radius 3 is 2.39 bits per heavy atom. The van der Waals surface area contributed by atoms with Crippen molar-refractivity contribution < 1.29 is 29.0 Å². The van der Waals surface area contributed by atoms with Gasteiger partial charge in [0.15, 0.2) is 5.60 Å². The van der Waals surface area contributed by atoms with Crippen molar-refractivity contribution in [2.75, 3.05) is 26.3 Å². The van der Waals surface area contributed by atoms with E-state index >= 15 is 0 Å². The van der Waals surface area contributed by atoms with Crippen LogP contribution < -0.4 is 5.32 Å². The number of hydrogen-bond acceptors (Lipinski definition) is 5. The predicted molar refractivity (Wildman–Crippen MR) is 119 cm³/mol. The molecule has 5 rings (SSSR count). The molecule has 0 radical (unpaired) electrons. The monoisotopic (exact) mass is 450 g/mol. The first-order chi connectivity index (χ1) is 15.9. The number of fused-ring (bicyclic) bond motifs is 4. The minimum Gasteiger partial charge on any atom is -0.479 e. The van der Waals surface area contributed by atoms with Crippen LogP contribution in [0.5, 0.6) is 0 Å². The average molecular weight is 450 g/mol. The van der Waals surface area contributed by atoms with Gasteiger partial charge in [-0.3, -0.25) is 4.79 Å². The van der Waals surface area contributed by atoms with E-state index < -0.39 is 23.7 Å². The molecule has 3 aliphatic rings. The highest BCUT2D eigenvalue weighted by atomic mass is 16.5. The number of hydrogen-bond donors (Lipinski definition) is 2. The summed E-state index contributed by atoms with van der Waals surface area (Å²) in [5, 5.41) is 12.2. The molecule has 2 heterocycles. The second-order valence-electron chi connectivity index (χ2n) is 8.94. The fourth-order valence-corrected chi connectivity index (χ4v) is 5.39. The van der Waals surface area contributed by atoms with Gasteiger partial charge < -0.3 is 24.8 Å². The number of nitrogens with zero attached hydrogens (tertiary/aromatic N) is 1. The van der Waals surface area contributed by atoms with Crippen LogP contribution in [0.4, 0.5) is 4.79 Å². The second-order valence-corrected chi connectivity index (χ2v) is 8.94. The lowest BCUT2D eigenvalue weighted by Gasteiger charge is -2.25. The quantitative estimate of drug-likeness (QED) is 0.726. The zero-order valence-corrected chi connectivity index (χ0v) is 18.3. The van der Waals surface area contributed by atoms with E-state index in [1.54, 1.807) is 6.92 Å². The lowest BCUT2D eigenvalue weighted by atomic mass is 9.91. The minimum atomic E-state index is -1.33. The molecule has 3 unspecified atom stereocenters. The number of benzene rings is 2. The first-order valence-corrected chi connectivity index (χ1v) is 11.2. The molecule has 3 atom stereocenters. The van der Waals surface area contributed by atoms with Crippen molar-refractivity contribution in [3.63, 3.8) is 0 Å². The predicted octanol–water partition coefficient (Wildman–Crippen LogP) is 2.62. The number of carbonyl (C=O) groups excluding carboxylic acids is 2. The highest BCUT2D eigenvalue weighted by Crippen LogP contribution is 2.44. The van der Waals surface area contributed by atoms with Crippen LogP contribution in [0.25, 0.3) is 11.1 Å². The van der Waals surface area contributed by atoms with Gasteiger partial charge in [-0.1, -0.05) is 48.5 Å². The molecule has 172 valence electrons. The third-order valence-electron chi connectivity index (χ3n) is 7.07. The number of carboxylic acid groups (broad SMARTS) is 1. The average Bonchev–Trinajstić information content (AvgIpc) is 3.47. The zero-order chi connectivity index (χ0) is 23.2. The fourth-order valence-electron chi connectivity index (χ4n) is 5.39. The van der Waals surface area contributed by atoms with Gasteiger partial charge in [-0.2, -0.15) is 0 Å². The molecule has 0 bridgehead atoms. The van der Waals surface area contributed by atoms with Crippen LogP contribution in [0, 0.1) is 5.92 Å². The topological polar surface area (TPSA) is 105 Å². The van der Waals surface area contributed by atoms with Crippen LogP contribution in [-0.2, 0) is 19.1 Å². The van der Waals surface area contributed by atoms with Crippen LogP contribution in [-0.4, -0.2) is 65.9 Å². The first-order valence-electron chi connectivity index (χ1n) is 11.2. The summed E-state index contributed by atoms with van der Waals surface area (Å²) in [6, 6.07) is 15.3. The van der Waals surface area contributed by atoms with E-state index in [9.17, 15) is 19.5 Å². The third-order valence-corrected chi connectivity index (χ3v) is 7.07. The Labute approximate surface area is 191 Å². The maximum absolute atomic E-state index is 12.9. The molecular weight excluding hydrogens is 424 g/mol. The van der Waals surface area contributed by atoms with Crippen LogP contribution in [0.3, 0.4) is 0 Å². The first kappa shape index (κ1) is 21.5. The van der Waals surface area contributed by atoms with Crippen molar-refractivity contribution in [2.45, 2.75) is 30.9 Å². The zero-order valence-electron chi connectivity index (χ0n) is 18.3. The molecule has 2 aromatic carbocycles. The molecule has 2 aromatic rings. The van der Waals surface area contributed by atoms with Crippen LogP contribution >= 0.6 is 0 Å². The number of aliphatic carboxylic acids is 1. The largest absolute Gasteiger partial charge is 0.479 e. The molecule has 2 N–H and O–H groups in total. The Morgan fingerprint density at radius 1 is 1.15 bits per heavy atom. The smallest absolute Gasteiger partial charge is 0.407 e. The summed E-state index contributed by atoms with van der Waals surface area (Å²) in [4.78, 5) is 38.6. The van der Waals surface area contributed by atoms with Gasteiger partial charge >= 0.3 is 12.1 Å². The van der Waals surface area contributed by atoms with Crippen LogP contribution in [0.2, 0.25) is 0 Å². The van der Waals surface area contributed by atoms with Crippen molar-refractivity contribution in [1.29, 1.82) is 0 Å². The van der Waals surface area contributed by atoms with E-state index in [0.29, 0.717) is 19.6 Å². The van der Waals surface area contributed by atoms with Crippen molar-refractivity contribution in [3.8, 4) is 11.1 Å². The lowest BCUT2D eigenvalue weighted by molar-refractivity contribution is -0.161. The van der Waals surface area contributed by atoms with Gasteiger partial charge in [-0.05, 0) is 35.6 Å². The summed E-state index contributed by atoms with van der Waals surface area (Å²) >= 11 is 0. The molecule has 8 heteroatoms. The summed E-state index contributed by atoms with van der Waals surface area (Å²) in [5.74, 6) is -1.69. The molecule has 0 aromatic heterocycles. The van der Waals surface area contributed by atoms with E-state index in [0.717, 1.165) is 22.3 Å². The summed E-state index contributed by atoms with van der Waals surface area (Å²) in [6.45, 7) is 2.41. The Balaban J connectivity index is 1.20. The number of carbonyl (C=O) groups is 3. The Bertz CT molecular complexity index is 1070. The molecule has 8 nitrogen and oxygen atoms in total. The summed E-state index contributed by atoms with van der Waals surface area (Å²) in [6.07, 6.45) is -0.0779. The number of likely N-dealkylation sites (tertiary alicyclic amines) is 1. The van der Waals surface area contributed by atoms with E-state index in [1.165, 1.54) is 4.90 Å². The molecule has 33 heavy (non-hydrogen) atoms. The summed E-state index contributed by atoms with van der Waals surface area (Å²) < 4.78 is 11.0. The lowest BCUT2D eigenvalue weighted by Crippen LogP contribution is -2.49. The van der Waals surface area contributed by atoms with Gasteiger partial charge in [0.2, 0.25) is 5.91 Å². The van der Waals surface area contributed by atoms with E-state index in [1.807, 2.05) is 36.4 Å². The molecule has 0 spiro atoms. The van der Waals surface area contributed by atoms with E-state index in [-0.39, 0.29) is 30.9 Å². The number of carboxylic acids is 1. The second kappa shape index (κ2) is 8.19. The van der Waals surface area contributed by atoms with Crippen molar-refractivity contribution in [1.82, 2.24) is 10.2 Å². The van der Waals surface area contributed by atoms with Gasteiger partial charge in [-0.25, -0.2) is 9.59 Å². The van der Waals surface area contributed by atoms with E-state index in [2.05, 4.69) is 17.4 Å². The molecule has 2 saturated heterocycles. The Morgan fingerprint density at radius 2 is 1.79 bits per heavy atom. The van der Waals surface area contributed by atoms with Gasteiger partial charge in [0.25, 0.3) is 0 Å². The SMILES string of the molecule is CC(NC(=O)OCC1c2ccccc2-c2ccccc21)C(=O)N1CC2CCOC2(C(=O)O)C1. The van der Waals surface area contributed by atoms with Gasteiger partial charge in [0.1, 0.15) is 12.6 Å². The molecule has 2 amide bonds. The maximum Gasteiger partial charge on any atom is 0.407 e. The van der Waals surface area contributed by atoms with Crippen molar-refractivity contribution >= 4 is 18.0 Å². The summed E-state index contributed by atoms with van der Waals surface area (Å²) in [7, 11) is 0. The molecular formula is C25H26N2O6. The van der Waals surface area contributed by atoms with Crippen LogP contribution in [0.1, 0.15) is 30.4 Å². The number of amides is 2. The Kier molecular flexibility index (Phi) is 5.32. The standard InChI is InChI=1S/C25H26N2O6/c1-15(22(28)27-12-16-10-11-33-25(16,14-27)23(29)30)26-24(31)32-13-21-19-8-4-2-6-17(19)18-7-3-5-9-20(18)21/h2-9,15-16,21H,10-14H2,1H3,(H,26,31)(H,29,30). The minimum absolute atomic E-state index is 0.0114. The number of rotatable bonds is 5. The van der Waals surface area contributed by atoms with E-state index in [4.69, 9.17) is 9.47 Å². The molecule has 1 aliphatic carbocycles. The van der Waals surface area contributed by atoms with Crippen LogP contribution in [0.15, 0.2) is 48.5 Å². The van der Waals surface area contributed by atoms with Gasteiger partial charge in [-0.15, -0.1) is 0 Å². The highest BCUT2D eigenvalue weighted by Gasteiger charge is 2.58. The number of ether oxygens (including phenoxy) is 2. The normalized spacial score (nSPS) is 24.0. The molecule has 2 aliphatic heterocycles. The maximum atomic E-state index is 12.9. The van der Waals surface area contributed by atoms with Gasteiger partial charge in [0, 0.05) is 25.0 Å². The molecule has 2 fully saturated rings. The number of alkyl carbamates (subject to hydrolysis) is 1.